The minimum Gasteiger partial charge on any atom is -0.493 e. The number of hydrogen-bond acceptors (Lipinski definition) is 4. The molecule has 6 heteroatoms. The van der Waals surface area contributed by atoms with Gasteiger partial charge in [0.2, 0.25) is 0 Å². The van der Waals surface area contributed by atoms with Gasteiger partial charge in [-0.15, -0.1) is 0 Å². The number of likely N-dealkylation sites (N-methyl/N-ethyl adjacent to an activating group) is 1. The Hall–Kier alpha value is -2.99. The van der Waals surface area contributed by atoms with Gasteiger partial charge in [0, 0.05) is 24.4 Å². The molecule has 2 aliphatic rings. The van der Waals surface area contributed by atoms with Crippen LogP contribution in [0, 0.1) is 6.92 Å². The lowest BCUT2D eigenvalue weighted by Gasteiger charge is -2.38. The number of benzene rings is 1. The molecule has 2 aromatic rings. The lowest BCUT2D eigenvalue weighted by molar-refractivity contribution is -0.156. The molecular weight excluding hydrogens is 392 g/mol. The number of carbonyl (C=O) groups is 1. The third-order valence-corrected chi connectivity index (χ3v) is 5.92. The maximum Gasteiger partial charge on any atom is 0.339 e. The van der Waals surface area contributed by atoms with E-state index in [1.807, 2.05) is 57.1 Å². The van der Waals surface area contributed by atoms with Gasteiger partial charge in [-0.05, 0) is 69.4 Å². The first-order chi connectivity index (χ1) is 14.6. The maximum absolute atomic E-state index is 12.4. The highest BCUT2D eigenvalue weighted by Crippen LogP contribution is 2.44. The third-order valence-electron chi connectivity index (χ3n) is 5.92. The first-order valence-corrected chi connectivity index (χ1v) is 10.6. The van der Waals surface area contributed by atoms with Gasteiger partial charge in [0.05, 0.1) is 29.3 Å². The van der Waals surface area contributed by atoms with Crippen LogP contribution in [0.5, 0.6) is 5.75 Å². The van der Waals surface area contributed by atoms with Crippen LogP contribution in [0.4, 0.5) is 0 Å². The minimum absolute atomic E-state index is 0.583. The normalized spacial score (nSPS) is 17.2. The van der Waals surface area contributed by atoms with Crippen LogP contribution in [0.2, 0.25) is 0 Å². The lowest BCUT2D eigenvalue weighted by Crippen LogP contribution is -2.41. The van der Waals surface area contributed by atoms with Crippen molar-refractivity contribution in [1.82, 2.24) is 9.88 Å². The van der Waals surface area contributed by atoms with Crippen LogP contribution in [0.25, 0.3) is 11.3 Å². The number of rotatable bonds is 4. The fourth-order valence-corrected chi connectivity index (χ4v) is 4.48. The summed E-state index contributed by atoms with van der Waals surface area (Å²) in [5.41, 5.74) is 6.61. The molecule has 6 nitrogen and oxygen atoms in total. The number of aromatic amines is 1. The first kappa shape index (κ1) is 21.2. The second kappa shape index (κ2) is 7.61. The van der Waals surface area contributed by atoms with E-state index in [1.54, 1.807) is 0 Å². The molecule has 4 rings (SSSR count). The van der Waals surface area contributed by atoms with Crippen LogP contribution in [0.3, 0.4) is 0 Å². The number of fused-ring (bicyclic) bond motifs is 2. The molecule has 0 saturated heterocycles. The maximum atomic E-state index is 12.4. The van der Waals surface area contributed by atoms with Gasteiger partial charge in [-0.3, -0.25) is 0 Å². The van der Waals surface area contributed by atoms with Crippen LogP contribution in [0.15, 0.2) is 36.7 Å². The number of aromatic nitrogens is 1. The van der Waals surface area contributed by atoms with E-state index in [0.717, 1.165) is 53.2 Å². The van der Waals surface area contributed by atoms with Gasteiger partial charge in [-0.2, -0.15) is 0 Å². The molecule has 1 atom stereocenters. The predicted molar refractivity (Wildman–Crippen MR) is 121 cm³/mol. The molecule has 0 amide bonds. The summed E-state index contributed by atoms with van der Waals surface area (Å²) in [5.74, 6) is -0.113. The minimum atomic E-state index is -1.15. The fourth-order valence-electron chi connectivity index (χ4n) is 4.48. The van der Waals surface area contributed by atoms with E-state index in [0.29, 0.717) is 11.4 Å². The summed E-state index contributed by atoms with van der Waals surface area (Å²) in [6.45, 7) is 12.6. The zero-order valence-electron chi connectivity index (χ0n) is 18.8. The fraction of sp³-hybridized carbons (Fsp3) is 0.400. The van der Waals surface area contributed by atoms with Crippen LogP contribution in [0.1, 0.15) is 55.1 Å². The summed E-state index contributed by atoms with van der Waals surface area (Å²) in [6.07, 6.45) is 2.64. The van der Waals surface area contributed by atoms with Crippen molar-refractivity contribution in [2.24, 2.45) is 0 Å². The molecule has 0 bridgehead atoms. The van der Waals surface area contributed by atoms with Gasteiger partial charge >= 0.3 is 5.97 Å². The molecule has 1 aromatic heterocycles. The molecule has 3 heterocycles. The van der Waals surface area contributed by atoms with Crippen molar-refractivity contribution in [3.63, 3.8) is 0 Å². The first-order valence-electron chi connectivity index (χ1n) is 10.6. The van der Waals surface area contributed by atoms with E-state index in [-0.39, 0.29) is 0 Å². The highest BCUT2D eigenvalue weighted by atomic mass is 16.5. The van der Waals surface area contributed by atoms with Crippen molar-refractivity contribution in [3.05, 3.63) is 64.6 Å². The molecule has 0 radical (unpaired) electrons. The van der Waals surface area contributed by atoms with Gasteiger partial charge < -0.3 is 24.5 Å². The second-order valence-corrected chi connectivity index (χ2v) is 9.15. The number of aliphatic carboxylic acids is 1. The molecule has 0 saturated carbocycles. The number of hydrogen-bond donors (Lipinski definition) is 2. The van der Waals surface area contributed by atoms with Crippen molar-refractivity contribution in [1.29, 1.82) is 0 Å². The smallest absolute Gasteiger partial charge is 0.339 e. The number of ether oxygens (including phenoxy) is 2. The van der Waals surface area contributed by atoms with Gasteiger partial charge in [-0.1, -0.05) is 12.6 Å². The predicted octanol–water partition coefficient (Wildman–Crippen LogP) is 4.59. The van der Waals surface area contributed by atoms with Gasteiger partial charge in [0.15, 0.2) is 6.10 Å². The Morgan fingerprint density at radius 2 is 2.03 bits per heavy atom. The number of H-pyrrole nitrogens is 1. The summed E-state index contributed by atoms with van der Waals surface area (Å²) in [6, 6.07) is 6.01. The van der Waals surface area contributed by atoms with Crippen LogP contribution >= 0.6 is 0 Å². The number of carboxylic acids is 1. The van der Waals surface area contributed by atoms with Crippen molar-refractivity contribution in [2.75, 3.05) is 13.7 Å². The van der Waals surface area contributed by atoms with E-state index < -0.39 is 17.7 Å². The largest absolute Gasteiger partial charge is 0.493 e. The molecule has 31 heavy (non-hydrogen) atoms. The molecule has 1 aromatic carbocycles. The molecule has 2 N–H and O–H groups in total. The second-order valence-electron chi connectivity index (χ2n) is 9.15. The average molecular weight is 423 g/mol. The summed E-state index contributed by atoms with van der Waals surface area (Å²) in [7, 11) is 1.85. The van der Waals surface area contributed by atoms with Crippen molar-refractivity contribution in [3.8, 4) is 5.75 Å². The number of carboxylic acid groups (broad SMARTS) is 1. The lowest BCUT2D eigenvalue weighted by atomic mass is 9.84. The van der Waals surface area contributed by atoms with Crippen LogP contribution in [-0.4, -0.2) is 46.3 Å². The van der Waals surface area contributed by atoms with Crippen molar-refractivity contribution < 1.29 is 19.4 Å². The Labute approximate surface area is 183 Å². The van der Waals surface area contributed by atoms with E-state index in [1.165, 1.54) is 5.56 Å². The Morgan fingerprint density at radius 3 is 2.71 bits per heavy atom. The Bertz CT molecular complexity index is 1090. The highest BCUT2D eigenvalue weighted by Gasteiger charge is 2.39. The summed E-state index contributed by atoms with van der Waals surface area (Å²) in [5, 5.41) is 10.2. The standard InChI is InChI=1S/C25H30N2O4/c1-14-16-8-7-13-30-19(16)10-9-17(14)20-18-11-12-26-21(18)15(2)27(6)22(20)23(24(28)29)31-25(3,4)5/h9-12,23,26H,2,7-8,13H2,1,3-6H3,(H,28,29). The monoisotopic (exact) mass is 422 g/mol. The zero-order chi connectivity index (χ0) is 22.5. The summed E-state index contributed by atoms with van der Waals surface area (Å²) in [4.78, 5) is 17.5. The van der Waals surface area contributed by atoms with E-state index in [2.05, 4.69) is 18.5 Å². The summed E-state index contributed by atoms with van der Waals surface area (Å²) < 4.78 is 11.9. The number of nitrogens with one attached hydrogen (secondary N) is 1. The quantitative estimate of drug-likeness (QED) is 0.754. The molecule has 0 fully saturated rings. The third kappa shape index (κ3) is 3.65. The molecule has 2 aliphatic heterocycles. The summed E-state index contributed by atoms with van der Waals surface area (Å²) >= 11 is 0. The molecule has 1 unspecified atom stereocenters. The van der Waals surface area contributed by atoms with Crippen LogP contribution < -0.4 is 4.74 Å². The zero-order valence-corrected chi connectivity index (χ0v) is 18.8. The van der Waals surface area contributed by atoms with Crippen LogP contribution in [-0.2, 0) is 16.0 Å². The number of nitrogens with zero attached hydrogens (tertiary/aromatic N) is 1. The average Bonchev–Trinajstić information content (AvgIpc) is 3.19. The van der Waals surface area contributed by atoms with Gasteiger partial charge in [0.25, 0.3) is 0 Å². The van der Waals surface area contributed by atoms with Crippen molar-refractivity contribution in [2.45, 2.75) is 52.2 Å². The molecular formula is C25H30N2O4. The van der Waals surface area contributed by atoms with Crippen molar-refractivity contribution >= 4 is 17.2 Å². The molecule has 0 aliphatic carbocycles. The Kier molecular flexibility index (Phi) is 5.21. The molecule has 0 spiro atoms. The topological polar surface area (TPSA) is 74.8 Å². The Balaban J connectivity index is 2.02. The van der Waals surface area contributed by atoms with E-state index >= 15 is 0 Å². The highest BCUT2D eigenvalue weighted by molar-refractivity contribution is 5.95. The van der Waals surface area contributed by atoms with Gasteiger partial charge in [0.1, 0.15) is 5.75 Å². The van der Waals surface area contributed by atoms with Gasteiger partial charge in [-0.25, -0.2) is 4.79 Å². The Morgan fingerprint density at radius 1 is 1.29 bits per heavy atom. The van der Waals surface area contributed by atoms with E-state index in [4.69, 9.17) is 9.47 Å². The molecule has 164 valence electrons. The SMILES string of the molecule is C=C1c2[nH]ccc2C(c2ccc3c(c2C)CCCO3)=C(C(OC(C)(C)C)C(=O)O)N1C. The van der Waals surface area contributed by atoms with E-state index in [9.17, 15) is 9.90 Å².